The van der Waals surface area contributed by atoms with Gasteiger partial charge in [0.25, 0.3) is 0 Å². The van der Waals surface area contributed by atoms with Gasteiger partial charge in [0.15, 0.2) is 0 Å². The van der Waals surface area contributed by atoms with Crippen molar-refractivity contribution in [2.45, 2.75) is 31.9 Å². The molecule has 0 saturated carbocycles. The largest absolute Gasteiger partial charge is 0.497 e. The lowest BCUT2D eigenvalue weighted by molar-refractivity contribution is -0.139. The second kappa shape index (κ2) is 10.5. The number of hydrogen-bond donors (Lipinski definition) is 1. The summed E-state index contributed by atoms with van der Waals surface area (Å²) in [6, 6.07) is 12.6. The number of piperidine rings is 1. The van der Waals surface area contributed by atoms with E-state index in [1.165, 1.54) is 12.1 Å². The van der Waals surface area contributed by atoms with Gasteiger partial charge in [-0.2, -0.15) is 13.2 Å². The minimum atomic E-state index is -4.36. The number of alkyl halides is 3. The van der Waals surface area contributed by atoms with Gasteiger partial charge in [-0.3, -0.25) is 9.59 Å². The molecule has 1 heterocycles. The molecule has 1 N–H and O–H groups in total. The van der Waals surface area contributed by atoms with E-state index >= 15 is 0 Å². The molecule has 0 spiro atoms. The lowest BCUT2D eigenvalue weighted by Gasteiger charge is -2.32. The molecule has 3 rings (SSSR count). The van der Waals surface area contributed by atoms with E-state index in [4.69, 9.17) is 4.74 Å². The summed E-state index contributed by atoms with van der Waals surface area (Å²) in [7, 11) is 1.61. The van der Waals surface area contributed by atoms with E-state index in [0.29, 0.717) is 45.3 Å². The minimum Gasteiger partial charge on any atom is -0.497 e. The van der Waals surface area contributed by atoms with Crippen molar-refractivity contribution < 1.29 is 27.5 Å². The van der Waals surface area contributed by atoms with Gasteiger partial charge in [0.05, 0.1) is 18.6 Å². The maximum absolute atomic E-state index is 12.6. The van der Waals surface area contributed by atoms with Crippen LogP contribution in [-0.2, 0) is 28.6 Å². The number of amides is 2. The first-order valence-electron chi connectivity index (χ1n) is 10.6. The summed E-state index contributed by atoms with van der Waals surface area (Å²) >= 11 is 0. The summed E-state index contributed by atoms with van der Waals surface area (Å²) in [5, 5.41) is 2.85. The van der Waals surface area contributed by atoms with Crippen LogP contribution in [0.1, 0.15) is 29.5 Å². The normalized spacial score (nSPS) is 16.7. The zero-order valence-electron chi connectivity index (χ0n) is 18.0. The number of carbonyl (C=O) groups excluding carboxylic acids is 2. The Morgan fingerprint density at radius 2 is 1.69 bits per heavy atom. The fraction of sp³-hybridized carbons (Fsp3) is 0.417. The molecule has 0 bridgehead atoms. The second-order valence-corrected chi connectivity index (χ2v) is 7.91. The topological polar surface area (TPSA) is 58.6 Å². The molecule has 5 nitrogen and oxygen atoms in total. The summed E-state index contributed by atoms with van der Waals surface area (Å²) in [4.78, 5) is 26.6. The van der Waals surface area contributed by atoms with Crippen LogP contribution in [0.5, 0.6) is 5.75 Å². The lowest BCUT2D eigenvalue weighted by atomic mass is 9.96. The maximum atomic E-state index is 12.6. The molecule has 0 aromatic heterocycles. The van der Waals surface area contributed by atoms with E-state index in [9.17, 15) is 22.8 Å². The average Bonchev–Trinajstić information content (AvgIpc) is 2.78. The number of rotatable bonds is 8. The first-order chi connectivity index (χ1) is 15.3. The Hall–Kier alpha value is -3.03. The van der Waals surface area contributed by atoms with Gasteiger partial charge >= 0.3 is 6.18 Å². The first-order valence-corrected chi connectivity index (χ1v) is 10.6. The number of benzene rings is 2. The van der Waals surface area contributed by atoms with Crippen molar-refractivity contribution in [2.75, 3.05) is 26.7 Å². The molecule has 2 aromatic carbocycles. The number of carbonyl (C=O) groups is 2. The van der Waals surface area contributed by atoms with Gasteiger partial charge < -0.3 is 15.0 Å². The predicted octanol–water partition coefficient (Wildman–Crippen LogP) is 3.85. The van der Waals surface area contributed by atoms with Crippen LogP contribution in [-0.4, -0.2) is 43.5 Å². The van der Waals surface area contributed by atoms with Crippen LogP contribution < -0.4 is 10.1 Å². The van der Waals surface area contributed by atoms with Crippen LogP contribution in [0.25, 0.3) is 0 Å². The molecular weight excluding hydrogens is 421 g/mol. The zero-order chi connectivity index (χ0) is 23.1. The Morgan fingerprint density at radius 1 is 1.06 bits per heavy atom. The number of nitrogens with zero attached hydrogens (tertiary/aromatic N) is 1. The summed E-state index contributed by atoms with van der Waals surface area (Å²) in [6.45, 7) is 1.25. The third-order valence-electron chi connectivity index (χ3n) is 5.69. The third-order valence-corrected chi connectivity index (χ3v) is 5.69. The van der Waals surface area contributed by atoms with Gasteiger partial charge in [-0.05, 0) is 54.7 Å². The molecule has 2 amide bonds. The van der Waals surface area contributed by atoms with Gasteiger partial charge in [-0.15, -0.1) is 0 Å². The smallest absolute Gasteiger partial charge is 0.416 e. The summed E-state index contributed by atoms with van der Waals surface area (Å²) < 4.78 is 43.1. The van der Waals surface area contributed by atoms with Crippen LogP contribution in [0.3, 0.4) is 0 Å². The van der Waals surface area contributed by atoms with Crippen LogP contribution in [0.2, 0.25) is 0 Å². The van der Waals surface area contributed by atoms with Crippen molar-refractivity contribution in [3.63, 3.8) is 0 Å². The van der Waals surface area contributed by atoms with Crippen molar-refractivity contribution in [3.05, 3.63) is 65.2 Å². The molecule has 1 unspecified atom stereocenters. The molecule has 2 aromatic rings. The zero-order valence-corrected chi connectivity index (χ0v) is 18.0. The van der Waals surface area contributed by atoms with E-state index < -0.39 is 11.7 Å². The number of nitrogens with one attached hydrogen (secondary N) is 1. The average molecular weight is 448 g/mol. The summed E-state index contributed by atoms with van der Waals surface area (Å²) in [5.74, 6) is 0.415. The molecule has 8 heteroatoms. The van der Waals surface area contributed by atoms with Gasteiger partial charge in [0, 0.05) is 26.1 Å². The SMILES string of the molecule is COc1ccc(CCN2CC(C(=O)NCCc3ccc(C(F)(F)F)cc3)CCC2=O)cc1. The maximum Gasteiger partial charge on any atom is 0.416 e. The van der Waals surface area contributed by atoms with Gasteiger partial charge in [-0.25, -0.2) is 0 Å². The van der Waals surface area contributed by atoms with E-state index in [-0.39, 0.29) is 17.7 Å². The number of likely N-dealkylation sites (tertiary alicyclic amines) is 1. The Labute approximate surface area is 185 Å². The molecule has 32 heavy (non-hydrogen) atoms. The Morgan fingerprint density at radius 3 is 2.31 bits per heavy atom. The molecule has 1 saturated heterocycles. The highest BCUT2D eigenvalue weighted by atomic mass is 19.4. The highest BCUT2D eigenvalue weighted by molar-refractivity contribution is 5.83. The Balaban J connectivity index is 1.45. The van der Waals surface area contributed by atoms with E-state index in [1.807, 2.05) is 24.3 Å². The van der Waals surface area contributed by atoms with Gasteiger partial charge in [0.1, 0.15) is 5.75 Å². The molecule has 1 atom stereocenters. The number of hydrogen-bond acceptors (Lipinski definition) is 3. The van der Waals surface area contributed by atoms with E-state index in [2.05, 4.69) is 5.32 Å². The lowest BCUT2D eigenvalue weighted by Crippen LogP contribution is -2.46. The Bertz CT molecular complexity index is 912. The van der Waals surface area contributed by atoms with E-state index in [1.54, 1.807) is 12.0 Å². The monoisotopic (exact) mass is 448 g/mol. The van der Waals surface area contributed by atoms with Crippen molar-refractivity contribution in [1.29, 1.82) is 0 Å². The predicted molar refractivity (Wildman–Crippen MR) is 114 cm³/mol. The molecule has 1 fully saturated rings. The molecule has 0 aliphatic carbocycles. The number of methoxy groups -OCH3 is 1. The Kier molecular flexibility index (Phi) is 7.77. The fourth-order valence-corrected chi connectivity index (χ4v) is 3.74. The second-order valence-electron chi connectivity index (χ2n) is 7.91. The van der Waals surface area contributed by atoms with Crippen LogP contribution >= 0.6 is 0 Å². The third kappa shape index (κ3) is 6.48. The van der Waals surface area contributed by atoms with Crippen LogP contribution in [0, 0.1) is 5.92 Å². The van der Waals surface area contributed by atoms with Crippen LogP contribution in [0.4, 0.5) is 13.2 Å². The van der Waals surface area contributed by atoms with Gasteiger partial charge in [-0.1, -0.05) is 24.3 Å². The van der Waals surface area contributed by atoms with Gasteiger partial charge in [0.2, 0.25) is 11.8 Å². The molecule has 1 aliphatic rings. The molecule has 172 valence electrons. The fourth-order valence-electron chi connectivity index (χ4n) is 3.74. The summed E-state index contributed by atoms with van der Waals surface area (Å²) in [5.41, 5.74) is 1.12. The minimum absolute atomic E-state index is 0.0484. The van der Waals surface area contributed by atoms with Crippen molar-refractivity contribution in [2.24, 2.45) is 5.92 Å². The first kappa shape index (κ1) is 23.6. The quantitative estimate of drug-likeness (QED) is 0.667. The van der Waals surface area contributed by atoms with E-state index in [0.717, 1.165) is 29.0 Å². The van der Waals surface area contributed by atoms with Crippen molar-refractivity contribution in [3.8, 4) is 5.75 Å². The summed E-state index contributed by atoms with van der Waals surface area (Å²) in [6.07, 6.45) is -2.39. The highest BCUT2D eigenvalue weighted by Crippen LogP contribution is 2.29. The van der Waals surface area contributed by atoms with Crippen LogP contribution in [0.15, 0.2) is 48.5 Å². The molecule has 0 radical (unpaired) electrons. The molecular formula is C24H27F3N2O3. The number of ether oxygens (including phenoxy) is 1. The number of halogens is 3. The highest BCUT2D eigenvalue weighted by Gasteiger charge is 2.31. The van der Waals surface area contributed by atoms with Crippen molar-refractivity contribution in [1.82, 2.24) is 10.2 Å². The molecule has 1 aliphatic heterocycles. The standard InChI is InChI=1S/C24H27F3N2O3/c1-32-21-9-4-18(5-10-21)13-15-29-16-19(6-11-22(29)30)23(31)28-14-12-17-2-7-20(8-3-17)24(25,26)27/h2-5,7-10,19H,6,11-16H2,1H3,(H,28,31). The van der Waals surface area contributed by atoms with Crippen molar-refractivity contribution >= 4 is 11.8 Å².